The molecule has 0 radical (unpaired) electrons. The lowest BCUT2D eigenvalue weighted by molar-refractivity contribution is -0.120. The first-order valence-electron chi connectivity index (χ1n) is 6.76. The van der Waals surface area contributed by atoms with Crippen LogP contribution in [-0.4, -0.2) is 30.4 Å². The van der Waals surface area contributed by atoms with Gasteiger partial charge in [0, 0.05) is 36.7 Å². The van der Waals surface area contributed by atoms with E-state index in [9.17, 15) is 9.59 Å². The molecule has 0 aliphatic heterocycles. The second-order valence-electron chi connectivity index (χ2n) is 5.70. The minimum absolute atomic E-state index is 0.121. The van der Waals surface area contributed by atoms with Gasteiger partial charge in [-0.1, -0.05) is 20.8 Å². The molecule has 1 heterocycles. The Balaban J connectivity index is 2.86. The van der Waals surface area contributed by atoms with Crippen molar-refractivity contribution in [2.24, 2.45) is 5.84 Å². The summed E-state index contributed by atoms with van der Waals surface area (Å²) in [6.07, 6.45) is 0.238. The van der Waals surface area contributed by atoms with Crippen molar-refractivity contribution < 1.29 is 9.59 Å². The molecule has 1 aromatic heterocycles. The maximum Gasteiger partial charge on any atom is 0.251 e. The van der Waals surface area contributed by atoms with Crippen LogP contribution in [-0.2, 0) is 10.2 Å². The van der Waals surface area contributed by atoms with Crippen LogP contribution in [0.1, 0.15) is 43.2 Å². The number of nitrogen functional groups attached to an aromatic ring is 1. The second kappa shape index (κ2) is 7.03. The zero-order chi connectivity index (χ0) is 16.0. The molecule has 7 nitrogen and oxygen atoms in total. The van der Waals surface area contributed by atoms with E-state index in [2.05, 4.69) is 21.0 Å². The molecule has 0 bridgehead atoms. The van der Waals surface area contributed by atoms with Crippen LogP contribution in [0.4, 0.5) is 5.82 Å². The molecule has 0 unspecified atom stereocenters. The number of carbonyl (C=O) groups excluding carboxylic acids is 2. The number of hydrogen-bond acceptors (Lipinski definition) is 5. The van der Waals surface area contributed by atoms with Crippen molar-refractivity contribution in [3.8, 4) is 0 Å². The quantitative estimate of drug-likeness (QED) is 0.468. The fourth-order valence-electron chi connectivity index (χ4n) is 1.64. The molecule has 2 amide bonds. The van der Waals surface area contributed by atoms with Gasteiger partial charge in [-0.2, -0.15) is 0 Å². The first-order chi connectivity index (χ1) is 9.77. The van der Waals surface area contributed by atoms with Crippen LogP contribution in [0.3, 0.4) is 0 Å². The zero-order valence-corrected chi connectivity index (χ0v) is 12.9. The van der Waals surface area contributed by atoms with E-state index in [1.807, 2.05) is 20.8 Å². The number of anilines is 1. The van der Waals surface area contributed by atoms with Gasteiger partial charge in [0.25, 0.3) is 5.91 Å². The number of nitrogens with two attached hydrogens (primary N) is 1. The number of hydrogen-bond donors (Lipinski definition) is 4. The monoisotopic (exact) mass is 293 g/mol. The minimum atomic E-state index is -0.261. The third kappa shape index (κ3) is 5.03. The molecular weight excluding hydrogens is 270 g/mol. The summed E-state index contributed by atoms with van der Waals surface area (Å²) in [6, 6.07) is 3.31. The standard InChI is InChI=1S/C14H23N5O2/c1-14(2,3)10-7-9(8-11(18-10)19-15)13(21)17-6-5-12(20)16-4/h7-8H,5-6,15H2,1-4H3,(H,16,20)(H,17,21)(H,18,19). The predicted octanol–water partition coefficient (Wildman–Crippen LogP) is 0.531. The van der Waals surface area contributed by atoms with Crippen LogP contribution < -0.4 is 21.9 Å². The third-order valence-electron chi connectivity index (χ3n) is 2.92. The Kier molecular flexibility index (Phi) is 5.66. The summed E-state index contributed by atoms with van der Waals surface area (Å²) in [5.74, 6) is 5.44. The van der Waals surface area contributed by atoms with Gasteiger partial charge in [0.2, 0.25) is 5.91 Å². The first-order valence-corrected chi connectivity index (χ1v) is 6.76. The minimum Gasteiger partial charge on any atom is -0.359 e. The van der Waals surface area contributed by atoms with Gasteiger partial charge < -0.3 is 16.1 Å². The van der Waals surface area contributed by atoms with E-state index in [1.165, 1.54) is 0 Å². The summed E-state index contributed by atoms with van der Waals surface area (Å²) in [5, 5.41) is 5.20. The zero-order valence-electron chi connectivity index (χ0n) is 12.9. The van der Waals surface area contributed by atoms with Crippen LogP contribution in [0, 0.1) is 0 Å². The molecule has 5 N–H and O–H groups in total. The highest BCUT2D eigenvalue weighted by Crippen LogP contribution is 2.23. The Morgan fingerprint density at radius 3 is 2.48 bits per heavy atom. The Morgan fingerprint density at radius 2 is 1.95 bits per heavy atom. The van der Waals surface area contributed by atoms with Crippen LogP contribution in [0.15, 0.2) is 12.1 Å². The van der Waals surface area contributed by atoms with Crippen LogP contribution in [0.2, 0.25) is 0 Å². The van der Waals surface area contributed by atoms with Gasteiger partial charge in [0.15, 0.2) is 0 Å². The number of amides is 2. The highest BCUT2D eigenvalue weighted by Gasteiger charge is 2.19. The molecule has 0 fully saturated rings. The van der Waals surface area contributed by atoms with E-state index in [4.69, 9.17) is 5.84 Å². The van der Waals surface area contributed by atoms with Crippen molar-refractivity contribution in [1.29, 1.82) is 0 Å². The van der Waals surface area contributed by atoms with Gasteiger partial charge in [0.1, 0.15) is 5.82 Å². The molecule has 0 aromatic carbocycles. The average Bonchev–Trinajstić information content (AvgIpc) is 2.45. The third-order valence-corrected chi connectivity index (χ3v) is 2.92. The van der Waals surface area contributed by atoms with Gasteiger partial charge >= 0.3 is 0 Å². The predicted molar refractivity (Wildman–Crippen MR) is 81.8 cm³/mol. The maximum absolute atomic E-state index is 12.1. The van der Waals surface area contributed by atoms with Crippen molar-refractivity contribution in [1.82, 2.24) is 15.6 Å². The van der Waals surface area contributed by atoms with Gasteiger partial charge in [0.05, 0.1) is 0 Å². The van der Waals surface area contributed by atoms with Gasteiger partial charge in [-0.05, 0) is 12.1 Å². The van der Waals surface area contributed by atoms with Crippen molar-refractivity contribution in [2.75, 3.05) is 19.0 Å². The summed E-state index contributed by atoms with van der Waals surface area (Å²) in [6.45, 7) is 6.28. The Hall–Kier alpha value is -2.15. The van der Waals surface area contributed by atoms with E-state index in [0.29, 0.717) is 11.4 Å². The number of aromatic nitrogens is 1. The van der Waals surface area contributed by atoms with Crippen molar-refractivity contribution >= 4 is 17.6 Å². The van der Waals surface area contributed by atoms with E-state index in [0.717, 1.165) is 5.69 Å². The summed E-state index contributed by atoms with van der Waals surface area (Å²) in [4.78, 5) is 27.6. The lowest BCUT2D eigenvalue weighted by atomic mass is 9.90. The van der Waals surface area contributed by atoms with Crippen LogP contribution in [0.5, 0.6) is 0 Å². The summed E-state index contributed by atoms with van der Waals surface area (Å²) in [5.41, 5.74) is 3.48. The van der Waals surface area contributed by atoms with Crippen molar-refractivity contribution in [2.45, 2.75) is 32.6 Å². The summed E-state index contributed by atoms with van der Waals surface area (Å²) in [7, 11) is 1.56. The topological polar surface area (TPSA) is 109 Å². The molecule has 0 saturated carbocycles. The van der Waals surface area contributed by atoms with E-state index >= 15 is 0 Å². The highest BCUT2D eigenvalue weighted by molar-refractivity contribution is 5.95. The highest BCUT2D eigenvalue weighted by atomic mass is 16.2. The van der Waals surface area contributed by atoms with Gasteiger partial charge in [-0.25, -0.2) is 10.8 Å². The van der Waals surface area contributed by atoms with E-state index in [1.54, 1.807) is 19.2 Å². The number of pyridine rings is 1. The molecule has 116 valence electrons. The fourth-order valence-corrected chi connectivity index (χ4v) is 1.64. The molecule has 1 rings (SSSR count). The van der Waals surface area contributed by atoms with Gasteiger partial charge in [-0.3, -0.25) is 9.59 Å². The maximum atomic E-state index is 12.1. The molecule has 0 aliphatic rings. The Labute approximate surface area is 124 Å². The number of nitrogens with zero attached hydrogens (tertiary/aromatic N) is 1. The smallest absolute Gasteiger partial charge is 0.251 e. The number of hydrazine groups is 1. The molecule has 0 atom stereocenters. The van der Waals surface area contributed by atoms with Crippen molar-refractivity contribution in [3.63, 3.8) is 0 Å². The normalized spacial score (nSPS) is 10.9. The second-order valence-corrected chi connectivity index (χ2v) is 5.70. The molecule has 21 heavy (non-hydrogen) atoms. The lowest BCUT2D eigenvalue weighted by Gasteiger charge is -2.19. The SMILES string of the molecule is CNC(=O)CCNC(=O)c1cc(NN)nc(C(C)(C)C)c1. The fraction of sp³-hybridized carbons (Fsp3) is 0.500. The first kappa shape index (κ1) is 16.9. The molecule has 0 saturated heterocycles. The average molecular weight is 293 g/mol. The van der Waals surface area contributed by atoms with Crippen LogP contribution in [0.25, 0.3) is 0 Å². The van der Waals surface area contributed by atoms with E-state index < -0.39 is 0 Å². The van der Waals surface area contributed by atoms with Crippen molar-refractivity contribution in [3.05, 3.63) is 23.4 Å². The molecule has 0 spiro atoms. The van der Waals surface area contributed by atoms with Crippen LogP contribution >= 0.6 is 0 Å². The molecule has 0 aliphatic carbocycles. The Bertz CT molecular complexity index is 523. The number of nitrogens with one attached hydrogen (secondary N) is 3. The molecule has 7 heteroatoms. The number of rotatable bonds is 5. The van der Waals surface area contributed by atoms with Gasteiger partial charge in [-0.15, -0.1) is 0 Å². The summed E-state index contributed by atoms with van der Waals surface area (Å²) < 4.78 is 0. The van der Waals surface area contributed by atoms with E-state index in [-0.39, 0.29) is 30.2 Å². The Morgan fingerprint density at radius 1 is 1.29 bits per heavy atom. The molecule has 1 aromatic rings. The molecular formula is C14H23N5O2. The summed E-state index contributed by atoms with van der Waals surface area (Å²) >= 11 is 0. The number of carbonyl (C=O) groups is 2. The largest absolute Gasteiger partial charge is 0.359 e. The lowest BCUT2D eigenvalue weighted by Crippen LogP contribution is -2.29.